The highest BCUT2D eigenvalue weighted by atomic mass is 16.2. The highest BCUT2D eigenvalue weighted by Crippen LogP contribution is 2.18. The van der Waals surface area contributed by atoms with Crippen LogP contribution in [0, 0.1) is 5.92 Å². The first-order valence-electron chi connectivity index (χ1n) is 9.90. The van der Waals surface area contributed by atoms with Gasteiger partial charge in [-0.05, 0) is 11.1 Å². The van der Waals surface area contributed by atoms with Gasteiger partial charge in [0, 0.05) is 45.6 Å². The number of rotatable bonds is 6. The molecule has 0 spiro atoms. The van der Waals surface area contributed by atoms with Crippen LogP contribution in [0.15, 0.2) is 60.7 Å². The Balaban J connectivity index is 1.76. The van der Waals surface area contributed by atoms with E-state index in [4.69, 9.17) is 0 Å². The van der Waals surface area contributed by atoms with Crippen LogP contribution in [-0.4, -0.2) is 54.3 Å². The van der Waals surface area contributed by atoms with Gasteiger partial charge in [0.2, 0.25) is 11.8 Å². The molecule has 1 N–H and O–H groups in total. The zero-order valence-corrected chi connectivity index (χ0v) is 16.7. The standard InChI is InChI=1S/C23H29N3O2/c1-18-16-25(17-20-11-7-4-8-12-20)13-14-26(23(18)28)21(22(27)24-2)15-19-9-5-3-6-10-19/h3-12,18,21H,13-17H2,1-2H3,(H,24,27). The molecule has 1 aliphatic rings. The molecular formula is C23H29N3O2. The Morgan fingerprint density at radius 3 is 2.25 bits per heavy atom. The fourth-order valence-electron chi connectivity index (χ4n) is 3.84. The van der Waals surface area contributed by atoms with E-state index in [1.165, 1.54) is 5.56 Å². The molecule has 28 heavy (non-hydrogen) atoms. The third-order valence-corrected chi connectivity index (χ3v) is 5.34. The van der Waals surface area contributed by atoms with Crippen LogP contribution in [-0.2, 0) is 22.6 Å². The summed E-state index contributed by atoms with van der Waals surface area (Å²) in [6.07, 6.45) is 0.525. The van der Waals surface area contributed by atoms with Crippen molar-refractivity contribution in [2.24, 2.45) is 5.92 Å². The first kappa shape index (κ1) is 20.1. The van der Waals surface area contributed by atoms with Gasteiger partial charge in [0.1, 0.15) is 6.04 Å². The molecule has 1 heterocycles. The van der Waals surface area contributed by atoms with Crippen molar-refractivity contribution in [3.8, 4) is 0 Å². The Hall–Kier alpha value is -2.66. The molecule has 2 aromatic carbocycles. The molecule has 0 saturated carbocycles. The number of carbonyl (C=O) groups is 2. The summed E-state index contributed by atoms with van der Waals surface area (Å²) >= 11 is 0. The van der Waals surface area contributed by atoms with Crippen LogP contribution >= 0.6 is 0 Å². The highest BCUT2D eigenvalue weighted by Gasteiger charge is 2.34. The van der Waals surface area contributed by atoms with Crippen molar-refractivity contribution >= 4 is 11.8 Å². The second-order valence-corrected chi connectivity index (χ2v) is 7.47. The number of nitrogens with zero attached hydrogens (tertiary/aromatic N) is 2. The lowest BCUT2D eigenvalue weighted by atomic mass is 10.0. The molecule has 0 aromatic heterocycles. The normalized spacial score (nSPS) is 19.1. The number of hydrogen-bond acceptors (Lipinski definition) is 3. The molecule has 2 unspecified atom stereocenters. The Morgan fingerprint density at radius 1 is 1.04 bits per heavy atom. The van der Waals surface area contributed by atoms with Gasteiger partial charge in [-0.2, -0.15) is 0 Å². The number of likely N-dealkylation sites (N-methyl/N-ethyl adjacent to an activating group) is 1. The van der Waals surface area contributed by atoms with Gasteiger partial charge in [0.05, 0.1) is 0 Å². The van der Waals surface area contributed by atoms with Crippen LogP contribution in [0.1, 0.15) is 18.1 Å². The molecule has 1 saturated heterocycles. The van der Waals surface area contributed by atoms with Crippen LogP contribution in [0.4, 0.5) is 0 Å². The van der Waals surface area contributed by atoms with Gasteiger partial charge in [0.25, 0.3) is 0 Å². The van der Waals surface area contributed by atoms with Crippen molar-refractivity contribution in [1.82, 2.24) is 15.1 Å². The van der Waals surface area contributed by atoms with Gasteiger partial charge < -0.3 is 10.2 Å². The Kier molecular flexibility index (Phi) is 6.82. The number of nitrogens with one attached hydrogen (secondary N) is 1. The van der Waals surface area contributed by atoms with E-state index in [9.17, 15) is 9.59 Å². The number of amides is 2. The summed E-state index contributed by atoms with van der Waals surface area (Å²) in [4.78, 5) is 29.8. The second-order valence-electron chi connectivity index (χ2n) is 7.47. The number of benzene rings is 2. The molecule has 0 aliphatic carbocycles. The van der Waals surface area contributed by atoms with Gasteiger partial charge in [0.15, 0.2) is 0 Å². The molecule has 2 atom stereocenters. The molecule has 2 aromatic rings. The summed E-state index contributed by atoms with van der Waals surface area (Å²) in [6, 6.07) is 19.7. The van der Waals surface area contributed by atoms with Crippen molar-refractivity contribution in [3.63, 3.8) is 0 Å². The third kappa shape index (κ3) is 4.98. The summed E-state index contributed by atoms with van der Waals surface area (Å²) in [5.41, 5.74) is 2.30. The summed E-state index contributed by atoms with van der Waals surface area (Å²) in [7, 11) is 1.63. The van der Waals surface area contributed by atoms with E-state index < -0.39 is 6.04 Å². The average Bonchev–Trinajstić information content (AvgIpc) is 2.86. The van der Waals surface area contributed by atoms with E-state index in [2.05, 4.69) is 22.3 Å². The van der Waals surface area contributed by atoms with E-state index in [0.717, 1.165) is 18.7 Å². The zero-order valence-electron chi connectivity index (χ0n) is 16.7. The fraction of sp³-hybridized carbons (Fsp3) is 0.391. The largest absolute Gasteiger partial charge is 0.357 e. The number of hydrogen-bond donors (Lipinski definition) is 1. The quantitative estimate of drug-likeness (QED) is 0.838. The van der Waals surface area contributed by atoms with Crippen LogP contribution in [0.5, 0.6) is 0 Å². The lowest BCUT2D eigenvalue weighted by Gasteiger charge is -2.31. The predicted octanol–water partition coefficient (Wildman–Crippen LogP) is 2.32. The second kappa shape index (κ2) is 9.51. The van der Waals surface area contributed by atoms with Crippen molar-refractivity contribution in [1.29, 1.82) is 0 Å². The first-order chi connectivity index (χ1) is 13.6. The van der Waals surface area contributed by atoms with E-state index in [-0.39, 0.29) is 17.7 Å². The molecule has 5 heteroatoms. The summed E-state index contributed by atoms with van der Waals surface area (Å²) in [5, 5.41) is 2.74. The molecule has 0 bridgehead atoms. The van der Waals surface area contributed by atoms with Crippen molar-refractivity contribution in [2.45, 2.75) is 25.9 Å². The van der Waals surface area contributed by atoms with E-state index in [0.29, 0.717) is 19.5 Å². The summed E-state index contributed by atoms with van der Waals surface area (Å²) in [5.74, 6) is -0.199. The Labute approximate surface area is 167 Å². The van der Waals surface area contributed by atoms with Crippen molar-refractivity contribution in [3.05, 3.63) is 71.8 Å². The van der Waals surface area contributed by atoms with Crippen LogP contribution in [0.3, 0.4) is 0 Å². The van der Waals surface area contributed by atoms with Gasteiger partial charge in [-0.25, -0.2) is 0 Å². The molecule has 5 nitrogen and oxygen atoms in total. The minimum Gasteiger partial charge on any atom is -0.357 e. The Morgan fingerprint density at radius 2 is 1.64 bits per heavy atom. The molecular weight excluding hydrogens is 350 g/mol. The first-order valence-corrected chi connectivity index (χ1v) is 9.90. The SMILES string of the molecule is CNC(=O)C(Cc1ccccc1)N1CCN(Cc2ccccc2)CC(C)C1=O. The van der Waals surface area contributed by atoms with E-state index in [1.807, 2.05) is 55.5 Å². The minimum atomic E-state index is -0.487. The van der Waals surface area contributed by atoms with Crippen LogP contribution < -0.4 is 5.32 Å². The fourth-order valence-corrected chi connectivity index (χ4v) is 3.84. The van der Waals surface area contributed by atoms with Crippen molar-refractivity contribution < 1.29 is 9.59 Å². The molecule has 1 fully saturated rings. The smallest absolute Gasteiger partial charge is 0.242 e. The van der Waals surface area contributed by atoms with Crippen LogP contribution in [0.25, 0.3) is 0 Å². The molecule has 3 rings (SSSR count). The van der Waals surface area contributed by atoms with Gasteiger partial charge in [-0.15, -0.1) is 0 Å². The van der Waals surface area contributed by atoms with E-state index >= 15 is 0 Å². The van der Waals surface area contributed by atoms with Gasteiger partial charge in [-0.3, -0.25) is 14.5 Å². The third-order valence-electron chi connectivity index (χ3n) is 5.34. The van der Waals surface area contributed by atoms with Crippen molar-refractivity contribution in [2.75, 3.05) is 26.7 Å². The lowest BCUT2D eigenvalue weighted by Crippen LogP contribution is -2.51. The Bertz CT molecular complexity index is 779. The monoisotopic (exact) mass is 379 g/mol. The van der Waals surface area contributed by atoms with E-state index in [1.54, 1.807) is 11.9 Å². The maximum absolute atomic E-state index is 13.1. The predicted molar refractivity (Wildman–Crippen MR) is 111 cm³/mol. The zero-order chi connectivity index (χ0) is 19.9. The minimum absolute atomic E-state index is 0.0556. The molecule has 2 amide bonds. The topological polar surface area (TPSA) is 52.7 Å². The average molecular weight is 380 g/mol. The highest BCUT2D eigenvalue weighted by molar-refractivity contribution is 5.88. The summed E-state index contributed by atoms with van der Waals surface area (Å²) < 4.78 is 0. The van der Waals surface area contributed by atoms with Gasteiger partial charge in [-0.1, -0.05) is 67.6 Å². The molecule has 1 aliphatic heterocycles. The molecule has 148 valence electrons. The number of carbonyl (C=O) groups excluding carboxylic acids is 2. The molecule has 0 radical (unpaired) electrons. The van der Waals surface area contributed by atoms with Crippen LogP contribution in [0.2, 0.25) is 0 Å². The lowest BCUT2D eigenvalue weighted by molar-refractivity contribution is -0.142. The maximum Gasteiger partial charge on any atom is 0.242 e. The summed E-state index contributed by atoms with van der Waals surface area (Å²) in [6.45, 7) is 4.79. The van der Waals surface area contributed by atoms with Gasteiger partial charge >= 0.3 is 0 Å². The maximum atomic E-state index is 13.1.